The van der Waals surface area contributed by atoms with Gasteiger partial charge in [0, 0.05) is 29.6 Å². The van der Waals surface area contributed by atoms with Crippen molar-refractivity contribution in [1.29, 1.82) is 0 Å². The van der Waals surface area contributed by atoms with Gasteiger partial charge in [-0.3, -0.25) is 9.59 Å². The molecule has 5 aliphatic rings. The van der Waals surface area contributed by atoms with E-state index in [-0.39, 0.29) is 22.8 Å². The van der Waals surface area contributed by atoms with E-state index < -0.39 is 0 Å². The number of benzene rings is 1. The predicted octanol–water partition coefficient (Wildman–Crippen LogP) is 4.12. The van der Waals surface area contributed by atoms with Gasteiger partial charge in [-0.2, -0.15) is 0 Å². The molecule has 0 aromatic heterocycles. The minimum absolute atomic E-state index is 0.0118. The third-order valence-corrected chi connectivity index (χ3v) is 9.25. The van der Waals surface area contributed by atoms with Crippen molar-refractivity contribution in [2.45, 2.75) is 76.3 Å². The van der Waals surface area contributed by atoms with Crippen LogP contribution in [0.5, 0.6) is 0 Å². The van der Waals surface area contributed by atoms with Crippen molar-refractivity contribution in [3.8, 4) is 0 Å². The number of carbonyl (C=O) groups excluding carboxylic acids is 2. The Labute approximate surface area is 192 Å². The van der Waals surface area contributed by atoms with Gasteiger partial charge in [0.1, 0.15) is 0 Å². The number of hydrogen-bond donors (Lipinski definition) is 2. The molecule has 2 amide bonds. The van der Waals surface area contributed by atoms with Crippen LogP contribution in [-0.4, -0.2) is 42.9 Å². The minimum Gasteiger partial charge on any atom is -0.352 e. The smallest absolute Gasteiger partial charge is 0.251 e. The fourth-order valence-corrected chi connectivity index (χ4v) is 7.69. The summed E-state index contributed by atoms with van der Waals surface area (Å²) in [6, 6.07) is 7.73. The second kappa shape index (κ2) is 8.48. The summed E-state index contributed by atoms with van der Waals surface area (Å²) in [7, 11) is 4.23. The Morgan fingerprint density at radius 3 is 2.00 bits per heavy atom. The zero-order valence-electron chi connectivity index (χ0n) is 19.8. The Bertz CT molecular complexity index is 819. The number of nitrogens with zero attached hydrogens (tertiary/aromatic N) is 1. The van der Waals surface area contributed by atoms with E-state index in [1.165, 1.54) is 32.1 Å². The molecule has 0 atom stereocenters. The molecule has 4 bridgehead atoms. The lowest BCUT2D eigenvalue weighted by Gasteiger charge is -2.55. The van der Waals surface area contributed by atoms with Crippen molar-refractivity contribution in [3.05, 3.63) is 35.4 Å². The summed E-state index contributed by atoms with van der Waals surface area (Å²) in [6.45, 7) is 1.24. The fraction of sp³-hybridized carbons (Fsp3) is 0.704. The Balaban J connectivity index is 1.14. The standard InChI is InChI=1S/C27H39N3O2/c1-30(2)27(9-3-4-10-27)18-29-24(31)23-7-5-19(6-8-23)17-28-25(32)26-14-20-11-21(15-26)13-22(12-20)16-26/h5-8,20-22H,3-4,9-18H2,1-2H3,(H,28,32)(H,29,31). The van der Waals surface area contributed by atoms with Gasteiger partial charge in [0.05, 0.1) is 0 Å². The van der Waals surface area contributed by atoms with Crippen LogP contribution >= 0.6 is 0 Å². The maximum absolute atomic E-state index is 13.2. The SMILES string of the molecule is CN(C)C1(CNC(=O)c2ccc(CNC(=O)C34CC5CC(CC(C5)C3)C4)cc2)CCCC1. The van der Waals surface area contributed by atoms with E-state index in [9.17, 15) is 9.59 Å². The lowest BCUT2D eigenvalue weighted by Crippen LogP contribution is -2.53. The van der Waals surface area contributed by atoms with Crippen molar-refractivity contribution < 1.29 is 9.59 Å². The zero-order valence-corrected chi connectivity index (χ0v) is 19.8. The fourth-order valence-electron chi connectivity index (χ4n) is 7.69. The Hall–Kier alpha value is -1.88. The predicted molar refractivity (Wildman–Crippen MR) is 126 cm³/mol. The van der Waals surface area contributed by atoms with Gasteiger partial charge >= 0.3 is 0 Å². The molecule has 5 saturated carbocycles. The number of carbonyl (C=O) groups is 2. The molecule has 0 heterocycles. The van der Waals surface area contributed by atoms with Crippen LogP contribution < -0.4 is 10.6 Å². The highest BCUT2D eigenvalue weighted by molar-refractivity contribution is 5.94. The molecule has 2 N–H and O–H groups in total. The molecule has 5 fully saturated rings. The van der Waals surface area contributed by atoms with Gasteiger partial charge < -0.3 is 15.5 Å². The van der Waals surface area contributed by atoms with Crippen molar-refractivity contribution in [3.63, 3.8) is 0 Å². The third kappa shape index (κ3) is 4.09. The molecular formula is C27H39N3O2. The molecule has 32 heavy (non-hydrogen) atoms. The molecule has 1 aromatic carbocycles. The minimum atomic E-state index is -0.1000. The van der Waals surface area contributed by atoms with Gasteiger partial charge in [-0.05, 0) is 101 Å². The highest BCUT2D eigenvalue weighted by atomic mass is 16.2. The molecule has 5 heteroatoms. The first kappa shape index (κ1) is 21.9. The highest BCUT2D eigenvalue weighted by Gasteiger charge is 2.54. The van der Waals surface area contributed by atoms with Crippen LogP contribution in [0.1, 0.15) is 80.1 Å². The quantitative estimate of drug-likeness (QED) is 0.674. The first-order chi connectivity index (χ1) is 15.4. The number of nitrogens with one attached hydrogen (secondary N) is 2. The summed E-state index contributed by atoms with van der Waals surface area (Å²) < 4.78 is 0. The van der Waals surface area contributed by atoms with E-state index in [1.807, 2.05) is 24.3 Å². The molecule has 0 aliphatic heterocycles. The van der Waals surface area contributed by atoms with Crippen molar-refractivity contribution in [2.24, 2.45) is 23.2 Å². The monoisotopic (exact) mass is 437 g/mol. The van der Waals surface area contributed by atoms with Crippen LogP contribution in [0.15, 0.2) is 24.3 Å². The topological polar surface area (TPSA) is 61.4 Å². The maximum Gasteiger partial charge on any atom is 0.251 e. The van der Waals surface area contributed by atoms with E-state index in [0.29, 0.717) is 18.7 Å². The molecule has 1 aromatic rings. The average Bonchev–Trinajstić information content (AvgIpc) is 3.26. The molecule has 5 aliphatic carbocycles. The van der Waals surface area contributed by atoms with Crippen LogP contribution in [0.25, 0.3) is 0 Å². The summed E-state index contributed by atoms with van der Waals surface area (Å²) in [5.41, 5.74) is 1.74. The summed E-state index contributed by atoms with van der Waals surface area (Å²) in [6.07, 6.45) is 12.1. The van der Waals surface area contributed by atoms with E-state index >= 15 is 0 Å². The van der Waals surface area contributed by atoms with Crippen LogP contribution in [0.4, 0.5) is 0 Å². The second-order valence-corrected chi connectivity index (χ2v) is 11.6. The number of amides is 2. The highest BCUT2D eigenvalue weighted by Crippen LogP contribution is 2.60. The third-order valence-electron chi connectivity index (χ3n) is 9.25. The van der Waals surface area contributed by atoms with Gasteiger partial charge in [0.25, 0.3) is 5.91 Å². The molecule has 0 spiro atoms. The molecule has 174 valence electrons. The second-order valence-electron chi connectivity index (χ2n) is 11.6. The van der Waals surface area contributed by atoms with Crippen LogP contribution in [0.3, 0.4) is 0 Å². The molecule has 0 unspecified atom stereocenters. The largest absolute Gasteiger partial charge is 0.352 e. The Kier molecular flexibility index (Phi) is 5.81. The Morgan fingerprint density at radius 1 is 0.906 bits per heavy atom. The van der Waals surface area contributed by atoms with Gasteiger partial charge in [0.2, 0.25) is 5.91 Å². The summed E-state index contributed by atoms with van der Waals surface area (Å²) in [5, 5.41) is 6.40. The Morgan fingerprint density at radius 2 is 1.47 bits per heavy atom. The van der Waals surface area contributed by atoms with Gasteiger partial charge in [-0.25, -0.2) is 0 Å². The van der Waals surface area contributed by atoms with Crippen molar-refractivity contribution in [1.82, 2.24) is 15.5 Å². The normalized spacial score (nSPS) is 32.3. The summed E-state index contributed by atoms with van der Waals surface area (Å²) in [4.78, 5) is 28.1. The van der Waals surface area contributed by atoms with Crippen molar-refractivity contribution >= 4 is 11.8 Å². The van der Waals surface area contributed by atoms with Crippen LogP contribution in [0, 0.1) is 23.2 Å². The molecule has 6 rings (SSSR count). The van der Waals surface area contributed by atoms with E-state index in [4.69, 9.17) is 0 Å². The van der Waals surface area contributed by atoms with Crippen LogP contribution in [0.2, 0.25) is 0 Å². The zero-order chi connectivity index (χ0) is 22.3. The van der Waals surface area contributed by atoms with Gasteiger partial charge in [-0.15, -0.1) is 0 Å². The molecule has 0 saturated heterocycles. The van der Waals surface area contributed by atoms with Crippen LogP contribution in [-0.2, 0) is 11.3 Å². The number of likely N-dealkylation sites (N-methyl/N-ethyl adjacent to an activating group) is 1. The maximum atomic E-state index is 13.2. The average molecular weight is 438 g/mol. The van der Waals surface area contributed by atoms with Gasteiger partial charge in [-0.1, -0.05) is 25.0 Å². The lowest BCUT2D eigenvalue weighted by molar-refractivity contribution is -0.146. The summed E-state index contributed by atoms with van der Waals surface area (Å²) >= 11 is 0. The van der Waals surface area contributed by atoms with Gasteiger partial charge in [0.15, 0.2) is 0 Å². The lowest BCUT2D eigenvalue weighted by atomic mass is 9.49. The number of hydrogen-bond acceptors (Lipinski definition) is 3. The van der Waals surface area contributed by atoms with Crippen molar-refractivity contribution in [2.75, 3.05) is 20.6 Å². The van der Waals surface area contributed by atoms with E-state index in [2.05, 4.69) is 29.6 Å². The number of rotatable bonds is 7. The summed E-state index contributed by atoms with van der Waals surface area (Å²) in [5.74, 6) is 2.59. The molecule has 0 radical (unpaired) electrons. The first-order valence-electron chi connectivity index (χ1n) is 12.7. The molecule has 5 nitrogen and oxygen atoms in total. The van der Waals surface area contributed by atoms with E-state index in [1.54, 1.807) is 0 Å². The molecular weight excluding hydrogens is 398 g/mol. The van der Waals surface area contributed by atoms with E-state index in [0.717, 1.165) is 55.4 Å². The first-order valence-corrected chi connectivity index (χ1v) is 12.7.